The summed E-state index contributed by atoms with van der Waals surface area (Å²) in [6.45, 7) is 4.12. The molecule has 14 heavy (non-hydrogen) atoms. The average Bonchev–Trinajstić information content (AvgIpc) is 2.59. The van der Waals surface area contributed by atoms with Gasteiger partial charge in [-0.25, -0.2) is 4.98 Å². The van der Waals surface area contributed by atoms with Gasteiger partial charge in [-0.15, -0.1) is 11.3 Å². The van der Waals surface area contributed by atoms with Gasteiger partial charge in [0.05, 0.1) is 6.54 Å². The number of aromatic nitrogens is 1. The zero-order valence-electron chi connectivity index (χ0n) is 7.66. The van der Waals surface area contributed by atoms with Crippen molar-refractivity contribution in [2.24, 2.45) is 0 Å². The van der Waals surface area contributed by atoms with Crippen molar-refractivity contribution in [2.75, 3.05) is 7.05 Å². The number of nitrogens with zero attached hydrogens (tertiary/aromatic N) is 2. The highest BCUT2D eigenvalue weighted by Crippen LogP contribution is 2.19. The third kappa shape index (κ3) is 2.71. The van der Waals surface area contributed by atoms with Crippen LogP contribution in [0.2, 0.25) is 4.47 Å². The molecule has 0 saturated carbocycles. The van der Waals surface area contributed by atoms with Crippen LogP contribution in [-0.2, 0) is 11.3 Å². The van der Waals surface area contributed by atoms with Gasteiger partial charge in [0.15, 0.2) is 4.47 Å². The fourth-order valence-corrected chi connectivity index (χ4v) is 1.84. The van der Waals surface area contributed by atoms with Gasteiger partial charge in [0, 0.05) is 18.1 Å². The molecule has 1 N–H and O–H groups in total. The summed E-state index contributed by atoms with van der Waals surface area (Å²) in [5, 5.41) is 2.79. The Morgan fingerprint density at radius 2 is 2.64 bits per heavy atom. The molecule has 0 aromatic carbocycles. The SMILES string of the molecule is C=C(NC)N(C=O)Cc1cnc(Cl)s1. The Labute approximate surface area is 91.2 Å². The summed E-state index contributed by atoms with van der Waals surface area (Å²) >= 11 is 7.01. The summed E-state index contributed by atoms with van der Waals surface area (Å²) < 4.78 is 0.473. The van der Waals surface area contributed by atoms with Crippen molar-refractivity contribution in [3.8, 4) is 0 Å². The van der Waals surface area contributed by atoms with Crippen LogP contribution in [0.5, 0.6) is 0 Å². The number of hydrogen-bond acceptors (Lipinski definition) is 4. The first kappa shape index (κ1) is 11.0. The lowest BCUT2D eigenvalue weighted by Crippen LogP contribution is -2.27. The van der Waals surface area contributed by atoms with E-state index in [1.54, 1.807) is 13.2 Å². The third-order valence-electron chi connectivity index (χ3n) is 1.61. The van der Waals surface area contributed by atoms with E-state index in [-0.39, 0.29) is 0 Å². The molecule has 0 spiro atoms. The van der Waals surface area contributed by atoms with Gasteiger partial charge in [-0.05, 0) is 0 Å². The van der Waals surface area contributed by atoms with E-state index in [4.69, 9.17) is 11.6 Å². The highest BCUT2D eigenvalue weighted by molar-refractivity contribution is 7.15. The molecule has 1 rings (SSSR count). The molecular weight excluding hydrogens is 222 g/mol. The van der Waals surface area contributed by atoms with Crippen LogP contribution in [-0.4, -0.2) is 23.3 Å². The second-order valence-electron chi connectivity index (χ2n) is 2.51. The van der Waals surface area contributed by atoms with Gasteiger partial charge in [-0.3, -0.25) is 9.69 Å². The molecule has 0 aliphatic rings. The van der Waals surface area contributed by atoms with Gasteiger partial charge in [0.1, 0.15) is 5.82 Å². The Morgan fingerprint density at radius 1 is 1.93 bits per heavy atom. The Bertz CT molecular complexity index is 339. The lowest BCUT2D eigenvalue weighted by molar-refractivity contribution is -0.117. The fraction of sp³-hybridized carbons (Fsp3) is 0.250. The Morgan fingerprint density at radius 3 is 3.07 bits per heavy atom. The number of carbonyl (C=O) groups excluding carboxylic acids is 1. The number of rotatable bonds is 5. The molecule has 76 valence electrons. The number of thiazole rings is 1. The molecule has 0 radical (unpaired) electrons. The van der Waals surface area contributed by atoms with Crippen molar-refractivity contribution in [3.05, 3.63) is 27.9 Å². The van der Waals surface area contributed by atoms with Crippen molar-refractivity contribution >= 4 is 29.3 Å². The van der Waals surface area contributed by atoms with Gasteiger partial charge in [-0.1, -0.05) is 18.2 Å². The molecule has 0 aliphatic carbocycles. The van der Waals surface area contributed by atoms with Crippen LogP contribution >= 0.6 is 22.9 Å². The van der Waals surface area contributed by atoms with Crippen LogP contribution in [0.15, 0.2) is 18.6 Å². The van der Waals surface area contributed by atoms with E-state index >= 15 is 0 Å². The van der Waals surface area contributed by atoms with E-state index in [9.17, 15) is 4.79 Å². The molecule has 0 fully saturated rings. The number of nitrogens with one attached hydrogen (secondary N) is 1. The number of carbonyl (C=O) groups is 1. The molecular formula is C8H10ClN3OS. The summed E-state index contributed by atoms with van der Waals surface area (Å²) in [5.74, 6) is 0.546. The molecule has 1 amide bonds. The molecule has 1 aromatic rings. The largest absolute Gasteiger partial charge is 0.375 e. The number of halogens is 1. The Balaban J connectivity index is 2.65. The zero-order valence-corrected chi connectivity index (χ0v) is 9.23. The van der Waals surface area contributed by atoms with Gasteiger partial charge < -0.3 is 5.32 Å². The summed E-state index contributed by atoms with van der Waals surface area (Å²) in [4.78, 5) is 16.9. The highest BCUT2D eigenvalue weighted by atomic mass is 35.5. The van der Waals surface area contributed by atoms with E-state index in [2.05, 4.69) is 16.9 Å². The maximum atomic E-state index is 10.7. The molecule has 6 heteroatoms. The zero-order chi connectivity index (χ0) is 10.6. The third-order valence-corrected chi connectivity index (χ3v) is 2.71. The topological polar surface area (TPSA) is 45.2 Å². The average molecular weight is 232 g/mol. The minimum atomic E-state index is 0.438. The lowest BCUT2D eigenvalue weighted by atomic mass is 10.5. The van der Waals surface area contributed by atoms with Crippen LogP contribution in [0.4, 0.5) is 0 Å². The monoisotopic (exact) mass is 231 g/mol. The van der Waals surface area contributed by atoms with Crippen molar-refractivity contribution in [1.29, 1.82) is 0 Å². The molecule has 0 atom stereocenters. The van der Waals surface area contributed by atoms with Gasteiger partial charge in [0.2, 0.25) is 6.41 Å². The first-order valence-electron chi connectivity index (χ1n) is 3.86. The van der Waals surface area contributed by atoms with Gasteiger partial charge in [0.25, 0.3) is 0 Å². The van der Waals surface area contributed by atoms with Crippen LogP contribution in [0, 0.1) is 0 Å². The van der Waals surface area contributed by atoms with Gasteiger partial charge >= 0.3 is 0 Å². The second kappa shape index (κ2) is 4.97. The van der Waals surface area contributed by atoms with E-state index in [0.29, 0.717) is 23.2 Å². The summed E-state index contributed by atoms with van der Waals surface area (Å²) in [7, 11) is 1.71. The van der Waals surface area contributed by atoms with E-state index in [1.807, 2.05) is 0 Å². The van der Waals surface area contributed by atoms with Crippen LogP contribution in [0.25, 0.3) is 0 Å². The first-order valence-corrected chi connectivity index (χ1v) is 5.05. The maximum Gasteiger partial charge on any atom is 0.215 e. The molecule has 0 unspecified atom stereocenters. The van der Waals surface area contributed by atoms with E-state index < -0.39 is 0 Å². The quantitative estimate of drug-likeness (QED) is 0.781. The summed E-state index contributed by atoms with van der Waals surface area (Å²) in [5.41, 5.74) is 0. The van der Waals surface area contributed by atoms with Crippen LogP contribution in [0.3, 0.4) is 0 Å². The smallest absolute Gasteiger partial charge is 0.215 e. The molecule has 1 heterocycles. The fourth-order valence-electron chi connectivity index (χ4n) is 0.865. The molecule has 1 aromatic heterocycles. The number of hydrogen-bond donors (Lipinski definition) is 1. The summed E-state index contributed by atoms with van der Waals surface area (Å²) in [6, 6.07) is 0. The normalized spacial score (nSPS) is 9.57. The van der Waals surface area contributed by atoms with Crippen molar-refractivity contribution in [2.45, 2.75) is 6.54 Å². The predicted molar refractivity (Wildman–Crippen MR) is 56.9 cm³/mol. The highest BCUT2D eigenvalue weighted by Gasteiger charge is 2.07. The van der Waals surface area contributed by atoms with Crippen molar-refractivity contribution in [1.82, 2.24) is 15.2 Å². The minimum Gasteiger partial charge on any atom is -0.375 e. The van der Waals surface area contributed by atoms with Crippen molar-refractivity contribution < 1.29 is 4.79 Å². The maximum absolute atomic E-state index is 10.7. The lowest BCUT2D eigenvalue weighted by Gasteiger charge is -2.17. The molecule has 0 bridgehead atoms. The van der Waals surface area contributed by atoms with Crippen molar-refractivity contribution in [3.63, 3.8) is 0 Å². The van der Waals surface area contributed by atoms with Crippen LogP contribution in [0.1, 0.15) is 4.88 Å². The second-order valence-corrected chi connectivity index (χ2v) is 4.21. The van der Waals surface area contributed by atoms with Gasteiger partial charge in [-0.2, -0.15) is 0 Å². The summed E-state index contributed by atoms with van der Waals surface area (Å²) in [6.07, 6.45) is 2.36. The molecule has 0 aliphatic heterocycles. The molecule has 0 saturated heterocycles. The first-order chi connectivity index (χ1) is 6.67. The van der Waals surface area contributed by atoms with E-state index in [0.717, 1.165) is 4.88 Å². The van der Waals surface area contributed by atoms with Crippen LogP contribution < -0.4 is 5.32 Å². The predicted octanol–water partition coefficient (Wildman–Crippen LogP) is 1.45. The number of amides is 1. The standard InChI is InChI=1S/C8H10ClN3OS/c1-6(10-2)12(5-13)4-7-3-11-8(9)14-7/h3,5,10H,1,4H2,2H3. The molecule has 4 nitrogen and oxygen atoms in total. The minimum absolute atomic E-state index is 0.438. The van der Waals surface area contributed by atoms with E-state index in [1.165, 1.54) is 16.2 Å². The Kier molecular flexibility index (Phi) is 3.91. The Hall–Kier alpha value is -1.07.